The van der Waals surface area contributed by atoms with Gasteiger partial charge in [-0.3, -0.25) is 0 Å². The summed E-state index contributed by atoms with van der Waals surface area (Å²) >= 11 is 0. The van der Waals surface area contributed by atoms with Crippen LogP contribution in [0.5, 0.6) is 0 Å². The standard InChI is InChI=1S/C29H26N2O4/c1-4-34-27(32)26-25(22-8-6-5-7-9-22)29(31(30-26)23-16-12-20(3)13-17-23)18-24(35-28(29)33)21-14-10-19(2)11-15-21/h5-18,25H,4H2,1-3H3. The van der Waals surface area contributed by atoms with Crippen LogP contribution in [-0.2, 0) is 19.1 Å². The minimum atomic E-state index is -1.39. The van der Waals surface area contributed by atoms with Gasteiger partial charge in [-0.15, -0.1) is 0 Å². The largest absolute Gasteiger partial charge is 0.461 e. The Morgan fingerprint density at radius 3 is 2.23 bits per heavy atom. The van der Waals surface area contributed by atoms with Crippen LogP contribution in [0.15, 0.2) is 90.0 Å². The normalized spacial score (nSPS) is 21.1. The number of esters is 2. The molecule has 0 saturated heterocycles. The van der Waals surface area contributed by atoms with Gasteiger partial charge in [-0.2, -0.15) is 5.10 Å². The summed E-state index contributed by atoms with van der Waals surface area (Å²) in [5.74, 6) is -1.33. The number of carbonyl (C=O) groups is 2. The van der Waals surface area contributed by atoms with Gasteiger partial charge in [-0.05, 0) is 44.5 Å². The van der Waals surface area contributed by atoms with E-state index in [0.29, 0.717) is 11.4 Å². The Labute approximate surface area is 204 Å². The van der Waals surface area contributed by atoms with Gasteiger partial charge < -0.3 is 9.47 Å². The molecule has 2 heterocycles. The molecule has 3 aromatic rings. The fourth-order valence-electron chi connectivity index (χ4n) is 4.64. The average Bonchev–Trinajstić information content (AvgIpc) is 3.39. The van der Waals surface area contributed by atoms with E-state index in [2.05, 4.69) is 0 Å². The van der Waals surface area contributed by atoms with Gasteiger partial charge in [0.15, 0.2) is 11.3 Å². The molecule has 176 valence electrons. The Balaban J connectivity index is 1.74. The zero-order chi connectivity index (χ0) is 24.6. The van der Waals surface area contributed by atoms with E-state index in [1.54, 1.807) is 18.0 Å². The molecular weight excluding hydrogens is 440 g/mol. The van der Waals surface area contributed by atoms with Crippen LogP contribution >= 0.6 is 0 Å². The van der Waals surface area contributed by atoms with Gasteiger partial charge in [-0.25, -0.2) is 14.6 Å². The minimum absolute atomic E-state index is 0.164. The minimum Gasteiger partial charge on any atom is -0.461 e. The summed E-state index contributed by atoms with van der Waals surface area (Å²) in [5.41, 5.74) is 3.17. The van der Waals surface area contributed by atoms with Crippen molar-refractivity contribution in [2.45, 2.75) is 32.2 Å². The number of rotatable bonds is 5. The number of hydrogen-bond donors (Lipinski definition) is 0. The van der Waals surface area contributed by atoms with Crippen molar-refractivity contribution < 1.29 is 19.1 Å². The van der Waals surface area contributed by atoms with E-state index >= 15 is 0 Å². The monoisotopic (exact) mass is 466 g/mol. The van der Waals surface area contributed by atoms with Crippen molar-refractivity contribution in [3.8, 4) is 0 Å². The topological polar surface area (TPSA) is 68.2 Å². The fraction of sp³-hybridized carbons (Fsp3) is 0.207. The Bertz CT molecular complexity index is 1330. The number of benzene rings is 3. The van der Waals surface area contributed by atoms with Crippen molar-refractivity contribution in [1.29, 1.82) is 0 Å². The van der Waals surface area contributed by atoms with Crippen molar-refractivity contribution >= 4 is 29.1 Å². The summed E-state index contributed by atoms with van der Waals surface area (Å²) < 4.78 is 11.3. The number of ether oxygens (including phenoxy) is 2. The molecule has 0 bridgehead atoms. The SMILES string of the molecule is CCOC(=O)C1=NN(c2ccc(C)cc2)C2(C=C(c3ccc(C)cc3)OC2=O)C1c1ccccc1. The maximum absolute atomic E-state index is 13.9. The quantitative estimate of drug-likeness (QED) is 0.486. The molecule has 0 fully saturated rings. The zero-order valence-electron chi connectivity index (χ0n) is 19.9. The molecule has 2 unspecified atom stereocenters. The summed E-state index contributed by atoms with van der Waals surface area (Å²) in [6.07, 6.45) is 1.80. The van der Waals surface area contributed by atoms with Crippen LogP contribution < -0.4 is 5.01 Å². The molecule has 0 aromatic heterocycles. The van der Waals surface area contributed by atoms with Crippen LogP contribution in [0.25, 0.3) is 5.76 Å². The van der Waals surface area contributed by atoms with Crippen LogP contribution in [0, 0.1) is 13.8 Å². The molecule has 3 aromatic carbocycles. The van der Waals surface area contributed by atoms with Crippen LogP contribution in [0.1, 0.15) is 35.1 Å². The number of anilines is 1. The molecule has 0 amide bonds. The number of carbonyl (C=O) groups excluding carboxylic acids is 2. The average molecular weight is 467 g/mol. The molecule has 6 heteroatoms. The molecule has 5 rings (SSSR count). The highest BCUT2D eigenvalue weighted by atomic mass is 16.5. The Morgan fingerprint density at radius 1 is 0.971 bits per heavy atom. The Kier molecular flexibility index (Phi) is 5.73. The molecule has 2 aliphatic rings. The number of cyclic esters (lactones) is 1. The molecule has 0 aliphatic carbocycles. The Hall–Kier alpha value is -4.19. The first kappa shape index (κ1) is 22.6. The third-order valence-corrected chi connectivity index (χ3v) is 6.38. The summed E-state index contributed by atoms with van der Waals surface area (Å²) in [4.78, 5) is 27.0. The predicted molar refractivity (Wildman–Crippen MR) is 135 cm³/mol. The highest BCUT2D eigenvalue weighted by Gasteiger charge is 2.62. The third-order valence-electron chi connectivity index (χ3n) is 6.38. The second-order valence-electron chi connectivity index (χ2n) is 8.79. The summed E-state index contributed by atoms with van der Waals surface area (Å²) in [5, 5.41) is 6.33. The van der Waals surface area contributed by atoms with E-state index in [4.69, 9.17) is 14.6 Å². The highest BCUT2D eigenvalue weighted by Crippen LogP contribution is 2.49. The molecule has 1 spiro atoms. The van der Waals surface area contributed by atoms with E-state index in [9.17, 15) is 9.59 Å². The first-order valence-corrected chi connectivity index (χ1v) is 11.6. The van der Waals surface area contributed by atoms with E-state index in [-0.39, 0.29) is 12.3 Å². The molecule has 35 heavy (non-hydrogen) atoms. The van der Waals surface area contributed by atoms with E-state index in [0.717, 1.165) is 22.3 Å². The lowest BCUT2D eigenvalue weighted by atomic mass is 9.76. The van der Waals surface area contributed by atoms with Gasteiger partial charge in [0.1, 0.15) is 5.76 Å². The summed E-state index contributed by atoms with van der Waals surface area (Å²) in [6.45, 7) is 5.94. The molecular formula is C29H26N2O4. The first-order valence-electron chi connectivity index (χ1n) is 11.6. The Morgan fingerprint density at radius 2 is 1.60 bits per heavy atom. The van der Waals surface area contributed by atoms with Gasteiger partial charge >= 0.3 is 11.9 Å². The summed E-state index contributed by atoms with van der Waals surface area (Å²) in [7, 11) is 0. The zero-order valence-corrected chi connectivity index (χ0v) is 19.9. The van der Waals surface area contributed by atoms with Gasteiger partial charge in [0.2, 0.25) is 0 Å². The second kappa shape index (κ2) is 8.87. The van der Waals surface area contributed by atoms with Crippen LogP contribution in [0.3, 0.4) is 0 Å². The fourth-order valence-corrected chi connectivity index (χ4v) is 4.64. The molecule has 6 nitrogen and oxygen atoms in total. The predicted octanol–water partition coefficient (Wildman–Crippen LogP) is 5.16. The first-order chi connectivity index (χ1) is 16.9. The van der Waals surface area contributed by atoms with Crippen LogP contribution in [-0.4, -0.2) is 29.8 Å². The number of nitrogens with zero attached hydrogens (tertiary/aromatic N) is 2. The van der Waals surface area contributed by atoms with E-state index < -0.39 is 23.4 Å². The third kappa shape index (κ3) is 3.81. The molecule has 2 aliphatic heterocycles. The summed E-state index contributed by atoms with van der Waals surface area (Å²) in [6, 6.07) is 24.9. The molecule has 0 N–H and O–H groups in total. The smallest absolute Gasteiger partial charge is 0.355 e. The number of aryl methyl sites for hydroxylation is 2. The lowest BCUT2D eigenvalue weighted by Crippen LogP contribution is -2.51. The highest BCUT2D eigenvalue weighted by molar-refractivity contribution is 6.41. The lowest BCUT2D eigenvalue weighted by Gasteiger charge is -2.34. The van der Waals surface area contributed by atoms with Gasteiger partial charge in [0.25, 0.3) is 0 Å². The molecule has 0 radical (unpaired) electrons. The van der Waals surface area contributed by atoms with Crippen molar-refractivity contribution in [3.63, 3.8) is 0 Å². The lowest BCUT2D eigenvalue weighted by molar-refractivity contribution is -0.139. The van der Waals surface area contributed by atoms with Crippen molar-refractivity contribution in [3.05, 3.63) is 107 Å². The van der Waals surface area contributed by atoms with Gasteiger partial charge in [0.05, 0.1) is 18.2 Å². The molecule has 0 saturated carbocycles. The number of hydrogen-bond acceptors (Lipinski definition) is 6. The van der Waals surface area contributed by atoms with Gasteiger partial charge in [0, 0.05) is 5.56 Å². The maximum atomic E-state index is 13.9. The maximum Gasteiger partial charge on any atom is 0.355 e. The molecule has 2 atom stereocenters. The van der Waals surface area contributed by atoms with E-state index in [1.165, 1.54) is 0 Å². The van der Waals surface area contributed by atoms with Crippen molar-refractivity contribution in [2.75, 3.05) is 11.6 Å². The van der Waals surface area contributed by atoms with Crippen molar-refractivity contribution in [1.82, 2.24) is 0 Å². The number of hydrazone groups is 1. The van der Waals surface area contributed by atoms with Crippen molar-refractivity contribution in [2.24, 2.45) is 5.10 Å². The second-order valence-corrected chi connectivity index (χ2v) is 8.79. The van der Waals surface area contributed by atoms with E-state index in [1.807, 2.05) is 92.7 Å². The van der Waals surface area contributed by atoms with Crippen LogP contribution in [0.4, 0.5) is 5.69 Å². The van der Waals surface area contributed by atoms with Gasteiger partial charge in [-0.1, -0.05) is 77.9 Å². The van der Waals surface area contributed by atoms with Crippen LogP contribution in [0.2, 0.25) is 0 Å².